The van der Waals surface area contributed by atoms with Gasteiger partial charge in [-0.15, -0.1) is 0 Å². The van der Waals surface area contributed by atoms with E-state index >= 15 is 0 Å². The highest BCUT2D eigenvalue weighted by Crippen LogP contribution is 2.29. The summed E-state index contributed by atoms with van der Waals surface area (Å²) in [6.45, 7) is 17.6. The molecule has 0 bridgehead atoms. The predicted octanol–water partition coefficient (Wildman–Crippen LogP) is 4.01. The van der Waals surface area contributed by atoms with Gasteiger partial charge < -0.3 is 10.2 Å². The minimum atomic E-state index is 0.245. The van der Waals surface area contributed by atoms with Crippen LogP contribution < -0.4 is 10.2 Å². The highest BCUT2D eigenvalue weighted by molar-refractivity contribution is 5.54. The number of pyridine rings is 1. The van der Waals surface area contributed by atoms with Gasteiger partial charge >= 0.3 is 0 Å². The highest BCUT2D eigenvalue weighted by Gasteiger charge is 2.25. The molecule has 21 heavy (non-hydrogen) atoms. The van der Waals surface area contributed by atoms with Crippen molar-refractivity contribution in [2.75, 3.05) is 18.5 Å². The minimum absolute atomic E-state index is 0.245. The van der Waals surface area contributed by atoms with Gasteiger partial charge in [0.25, 0.3) is 0 Å². The largest absolute Gasteiger partial charge is 0.371 e. The van der Waals surface area contributed by atoms with Crippen LogP contribution in [0.4, 0.5) is 5.69 Å². The fourth-order valence-corrected chi connectivity index (χ4v) is 2.32. The van der Waals surface area contributed by atoms with Crippen LogP contribution in [0.25, 0.3) is 0 Å². The van der Waals surface area contributed by atoms with Gasteiger partial charge in [-0.1, -0.05) is 34.6 Å². The third kappa shape index (κ3) is 5.31. The summed E-state index contributed by atoms with van der Waals surface area (Å²) in [5, 5.41) is 3.53. The Balaban J connectivity index is 2.96. The number of aromatic nitrogens is 1. The molecule has 1 unspecified atom stereocenters. The van der Waals surface area contributed by atoms with E-state index in [0.717, 1.165) is 18.8 Å². The first kappa shape index (κ1) is 18.0. The molecule has 120 valence electrons. The number of aryl methyl sites for hydroxylation is 1. The molecule has 0 aromatic carbocycles. The number of nitrogens with one attached hydrogen (secondary N) is 1. The molecule has 0 aliphatic carbocycles. The van der Waals surface area contributed by atoms with Gasteiger partial charge in [-0.25, -0.2) is 0 Å². The van der Waals surface area contributed by atoms with Crippen LogP contribution in [0.3, 0.4) is 0 Å². The molecule has 1 N–H and O–H groups in total. The first-order chi connectivity index (χ1) is 9.62. The Kier molecular flexibility index (Phi) is 6.21. The fourth-order valence-electron chi connectivity index (χ4n) is 2.32. The molecule has 1 aromatic rings. The van der Waals surface area contributed by atoms with E-state index in [0.29, 0.717) is 12.0 Å². The molecule has 0 saturated carbocycles. The summed E-state index contributed by atoms with van der Waals surface area (Å²) in [5.41, 5.74) is 3.89. The van der Waals surface area contributed by atoms with Crippen molar-refractivity contribution in [1.82, 2.24) is 10.3 Å². The zero-order chi connectivity index (χ0) is 16.2. The molecule has 3 nitrogen and oxygen atoms in total. The quantitative estimate of drug-likeness (QED) is 0.858. The average Bonchev–Trinajstić information content (AvgIpc) is 2.37. The Labute approximate surface area is 131 Å². The normalized spacial score (nSPS) is 13.6. The summed E-state index contributed by atoms with van der Waals surface area (Å²) in [6, 6.07) is 2.66. The first-order valence-electron chi connectivity index (χ1n) is 8.02. The summed E-state index contributed by atoms with van der Waals surface area (Å²) in [4.78, 5) is 6.86. The summed E-state index contributed by atoms with van der Waals surface area (Å²) in [6.07, 6.45) is 2.02. The molecular formula is C18H33N3. The lowest BCUT2D eigenvalue weighted by Crippen LogP contribution is -2.40. The zero-order valence-corrected chi connectivity index (χ0v) is 15.1. The SMILES string of the molecule is Cc1cc(N(C)C(C)C(C)(C)C)c(CNCC(C)C)cn1. The van der Waals surface area contributed by atoms with E-state index in [9.17, 15) is 0 Å². The zero-order valence-electron chi connectivity index (χ0n) is 15.1. The van der Waals surface area contributed by atoms with Crippen molar-refractivity contribution >= 4 is 5.69 Å². The van der Waals surface area contributed by atoms with Gasteiger partial charge in [0.1, 0.15) is 0 Å². The smallest absolute Gasteiger partial charge is 0.0445 e. The van der Waals surface area contributed by atoms with Gasteiger partial charge in [0, 0.05) is 42.8 Å². The molecule has 1 heterocycles. The van der Waals surface area contributed by atoms with Gasteiger partial charge in [-0.05, 0) is 37.8 Å². The predicted molar refractivity (Wildman–Crippen MR) is 92.8 cm³/mol. The van der Waals surface area contributed by atoms with Crippen LogP contribution in [-0.4, -0.2) is 24.6 Å². The molecule has 1 rings (SSSR count). The van der Waals surface area contributed by atoms with Crippen molar-refractivity contribution in [3.8, 4) is 0 Å². The van der Waals surface area contributed by atoms with Gasteiger partial charge in [-0.2, -0.15) is 0 Å². The third-order valence-corrected chi connectivity index (χ3v) is 4.18. The van der Waals surface area contributed by atoms with Crippen LogP contribution in [-0.2, 0) is 6.54 Å². The summed E-state index contributed by atoms with van der Waals surface area (Å²) in [5.74, 6) is 0.665. The third-order valence-electron chi connectivity index (χ3n) is 4.18. The maximum Gasteiger partial charge on any atom is 0.0445 e. The van der Waals surface area contributed by atoms with Crippen LogP contribution >= 0.6 is 0 Å². The van der Waals surface area contributed by atoms with Crippen LogP contribution in [0, 0.1) is 18.3 Å². The van der Waals surface area contributed by atoms with E-state index in [2.05, 4.69) is 76.8 Å². The molecule has 0 radical (unpaired) electrons. The summed E-state index contributed by atoms with van der Waals surface area (Å²) < 4.78 is 0. The molecule has 0 spiro atoms. The van der Waals surface area contributed by atoms with Crippen molar-refractivity contribution in [2.45, 2.75) is 61.1 Å². The van der Waals surface area contributed by atoms with Crippen molar-refractivity contribution in [2.24, 2.45) is 11.3 Å². The standard InChI is InChI=1S/C18H33N3/c1-13(2)10-19-11-16-12-20-14(3)9-17(16)21(8)15(4)18(5,6)7/h9,12-13,15,19H,10-11H2,1-8H3. The molecule has 0 amide bonds. The van der Waals surface area contributed by atoms with Crippen molar-refractivity contribution in [3.63, 3.8) is 0 Å². The molecule has 0 fully saturated rings. The van der Waals surface area contributed by atoms with E-state index in [1.54, 1.807) is 0 Å². The Morgan fingerprint density at radius 3 is 2.38 bits per heavy atom. The minimum Gasteiger partial charge on any atom is -0.371 e. The second-order valence-corrected chi connectivity index (χ2v) is 7.63. The molecule has 0 aliphatic rings. The van der Waals surface area contributed by atoms with Crippen LogP contribution in [0.1, 0.15) is 52.8 Å². The second kappa shape index (κ2) is 7.26. The van der Waals surface area contributed by atoms with Gasteiger partial charge in [0.15, 0.2) is 0 Å². The lowest BCUT2D eigenvalue weighted by Gasteiger charge is -2.38. The van der Waals surface area contributed by atoms with E-state index in [1.165, 1.54) is 11.3 Å². The van der Waals surface area contributed by atoms with Crippen molar-refractivity contribution in [3.05, 3.63) is 23.5 Å². The topological polar surface area (TPSA) is 28.2 Å². The number of nitrogens with zero attached hydrogens (tertiary/aromatic N) is 2. The van der Waals surface area contributed by atoms with Gasteiger partial charge in [0.2, 0.25) is 0 Å². The number of anilines is 1. The van der Waals surface area contributed by atoms with E-state index in [4.69, 9.17) is 0 Å². The lowest BCUT2D eigenvalue weighted by atomic mass is 9.86. The number of hydrogen-bond acceptors (Lipinski definition) is 3. The highest BCUT2D eigenvalue weighted by atomic mass is 15.1. The van der Waals surface area contributed by atoms with E-state index in [1.807, 2.05) is 6.20 Å². The number of rotatable bonds is 6. The summed E-state index contributed by atoms with van der Waals surface area (Å²) >= 11 is 0. The van der Waals surface area contributed by atoms with Crippen LogP contribution in [0.2, 0.25) is 0 Å². The molecule has 0 saturated heterocycles. The maximum absolute atomic E-state index is 4.47. The van der Waals surface area contributed by atoms with Crippen molar-refractivity contribution in [1.29, 1.82) is 0 Å². The summed E-state index contributed by atoms with van der Waals surface area (Å²) in [7, 11) is 2.19. The van der Waals surface area contributed by atoms with Gasteiger partial charge in [-0.3, -0.25) is 4.98 Å². The Hall–Kier alpha value is -1.09. The maximum atomic E-state index is 4.47. The Morgan fingerprint density at radius 2 is 1.86 bits per heavy atom. The van der Waals surface area contributed by atoms with Crippen LogP contribution in [0.15, 0.2) is 12.3 Å². The fraction of sp³-hybridized carbons (Fsp3) is 0.722. The first-order valence-corrected chi connectivity index (χ1v) is 8.02. The number of hydrogen-bond donors (Lipinski definition) is 1. The molecule has 3 heteroatoms. The van der Waals surface area contributed by atoms with Crippen LogP contribution in [0.5, 0.6) is 0 Å². The van der Waals surface area contributed by atoms with Crippen molar-refractivity contribution < 1.29 is 0 Å². The average molecular weight is 291 g/mol. The monoisotopic (exact) mass is 291 g/mol. The second-order valence-electron chi connectivity index (χ2n) is 7.63. The molecule has 1 aromatic heterocycles. The molecular weight excluding hydrogens is 258 g/mol. The van der Waals surface area contributed by atoms with E-state index in [-0.39, 0.29) is 5.41 Å². The van der Waals surface area contributed by atoms with E-state index < -0.39 is 0 Å². The lowest BCUT2D eigenvalue weighted by molar-refractivity contribution is 0.329. The Morgan fingerprint density at radius 1 is 1.24 bits per heavy atom. The Bertz CT molecular complexity index is 446. The van der Waals surface area contributed by atoms with Gasteiger partial charge in [0.05, 0.1) is 0 Å². The molecule has 0 aliphatic heterocycles. The molecule has 1 atom stereocenters.